The van der Waals surface area contributed by atoms with Gasteiger partial charge < -0.3 is 5.32 Å². The molecule has 0 saturated carbocycles. The van der Waals surface area contributed by atoms with Crippen LogP contribution in [0.1, 0.15) is 45.0 Å². The van der Waals surface area contributed by atoms with Crippen molar-refractivity contribution in [2.45, 2.75) is 46.2 Å². The van der Waals surface area contributed by atoms with Crippen LogP contribution < -0.4 is 5.32 Å². The lowest BCUT2D eigenvalue weighted by Crippen LogP contribution is -2.22. The molecule has 0 saturated heterocycles. The van der Waals surface area contributed by atoms with Gasteiger partial charge in [-0.3, -0.25) is 4.98 Å². The third-order valence-electron chi connectivity index (χ3n) is 2.82. The Morgan fingerprint density at radius 3 is 2.47 bits per heavy atom. The zero-order chi connectivity index (χ0) is 13.8. The second kappa shape index (κ2) is 5.93. The molecule has 5 heteroatoms. The van der Waals surface area contributed by atoms with Crippen LogP contribution >= 0.6 is 0 Å². The van der Waals surface area contributed by atoms with Gasteiger partial charge in [-0.1, -0.05) is 27.7 Å². The molecule has 0 fully saturated rings. The van der Waals surface area contributed by atoms with Gasteiger partial charge in [0.15, 0.2) is 5.82 Å². The highest BCUT2D eigenvalue weighted by Gasteiger charge is 2.06. The van der Waals surface area contributed by atoms with Crippen molar-refractivity contribution in [3.8, 4) is 5.82 Å². The van der Waals surface area contributed by atoms with Crippen LogP contribution in [-0.4, -0.2) is 25.8 Å². The van der Waals surface area contributed by atoms with E-state index in [2.05, 4.69) is 48.1 Å². The van der Waals surface area contributed by atoms with E-state index in [1.54, 1.807) is 17.1 Å². The predicted octanol–water partition coefficient (Wildman–Crippen LogP) is 2.28. The first kappa shape index (κ1) is 13.7. The van der Waals surface area contributed by atoms with E-state index in [4.69, 9.17) is 0 Å². The van der Waals surface area contributed by atoms with Crippen LogP contribution in [0, 0.1) is 0 Å². The topological polar surface area (TPSA) is 55.6 Å². The Bertz CT molecular complexity index is 513. The summed E-state index contributed by atoms with van der Waals surface area (Å²) in [4.78, 5) is 8.79. The lowest BCUT2D eigenvalue weighted by Gasteiger charge is -2.07. The molecular formula is C14H21N5. The molecule has 1 N–H and O–H groups in total. The fourth-order valence-electron chi connectivity index (χ4n) is 1.64. The van der Waals surface area contributed by atoms with Crippen molar-refractivity contribution < 1.29 is 0 Å². The van der Waals surface area contributed by atoms with Crippen molar-refractivity contribution in [2.24, 2.45) is 0 Å². The summed E-state index contributed by atoms with van der Waals surface area (Å²) in [6.07, 6.45) is 5.47. The highest BCUT2D eigenvalue weighted by atomic mass is 15.3. The van der Waals surface area contributed by atoms with Crippen molar-refractivity contribution in [1.82, 2.24) is 25.1 Å². The summed E-state index contributed by atoms with van der Waals surface area (Å²) in [6.45, 7) is 9.21. The van der Waals surface area contributed by atoms with E-state index in [0.717, 1.165) is 23.8 Å². The second-order valence-corrected chi connectivity index (χ2v) is 5.24. The van der Waals surface area contributed by atoms with Crippen molar-refractivity contribution in [2.75, 3.05) is 0 Å². The van der Waals surface area contributed by atoms with Crippen molar-refractivity contribution in [1.29, 1.82) is 0 Å². The van der Waals surface area contributed by atoms with Gasteiger partial charge in [-0.2, -0.15) is 5.10 Å². The molecule has 0 aliphatic heterocycles. The maximum Gasteiger partial charge on any atom is 0.171 e. The first-order valence-electron chi connectivity index (χ1n) is 6.66. The minimum atomic E-state index is 0.420. The maximum absolute atomic E-state index is 4.48. The number of aromatic nitrogens is 4. The summed E-state index contributed by atoms with van der Waals surface area (Å²) in [5.74, 6) is 1.17. The molecule has 0 radical (unpaired) electrons. The van der Waals surface area contributed by atoms with E-state index >= 15 is 0 Å². The number of hydrogen-bond acceptors (Lipinski definition) is 4. The molecule has 0 aliphatic rings. The van der Waals surface area contributed by atoms with Gasteiger partial charge in [0.1, 0.15) is 0 Å². The SMILES string of the molecule is CC(C)NCc1cnc(-n2ccc(C(C)C)n2)cn1. The Labute approximate surface area is 114 Å². The van der Waals surface area contributed by atoms with Crippen molar-refractivity contribution >= 4 is 0 Å². The zero-order valence-electron chi connectivity index (χ0n) is 12.0. The molecule has 2 heterocycles. The Kier molecular flexibility index (Phi) is 4.27. The molecule has 0 unspecified atom stereocenters. The Hall–Kier alpha value is -1.75. The minimum Gasteiger partial charge on any atom is -0.309 e. The van der Waals surface area contributed by atoms with E-state index in [1.165, 1.54) is 0 Å². The number of nitrogens with zero attached hydrogens (tertiary/aromatic N) is 4. The molecule has 19 heavy (non-hydrogen) atoms. The van der Waals surface area contributed by atoms with Gasteiger partial charge in [0.2, 0.25) is 0 Å². The number of hydrogen-bond donors (Lipinski definition) is 1. The lowest BCUT2D eigenvalue weighted by atomic mass is 10.1. The van der Waals surface area contributed by atoms with Crippen LogP contribution in [0.15, 0.2) is 24.7 Å². The average molecular weight is 259 g/mol. The summed E-state index contributed by atoms with van der Waals surface area (Å²) in [5.41, 5.74) is 2.00. The Morgan fingerprint density at radius 2 is 1.95 bits per heavy atom. The molecule has 0 bridgehead atoms. The van der Waals surface area contributed by atoms with Gasteiger partial charge in [-0.05, 0) is 12.0 Å². The Balaban J connectivity index is 2.08. The minimum absolute atomic E-state index is 0.420. The molecule has 0 spiro atoms. The molecule has 0 amide bonds. The van der Waals surface area contributed by atoms with E-state index in [-0.39, 0.29) is 0 Å². The fourth-order valence-corrected chi connectivity index (χ4v) is 1.64. The highest BCUT2D eigenvalue weighted by molar-refractivity contribution is 5.19. The van der Waals surface area contributed by atoms with Crippen LogP contribution in [0.3, 0.4) is 0 Å². The van der Waals surface area contributed by atoms with Crippen molar-refractivity contribution in [3.05, 3.63) is 36.0 Å². The van der Waals surface area contributed by atoms with E-state index < -0.39 is 0 Å². The van der Waals surface area contributed by atoms with Crippen molar-refractivity contribution in [3.63, 3.8) is 0 Å². The number of rotatable bonds is 5. The molecule has 2 rings (SSSR count). The first-order valence-corrected chi connectivity index (χ1v) is 6.66. The van der Waals surface area contributed by atoms with E-state index in [1.807, 2.05) is 12.3 Å². The number of nitrogens with one attached hydrogen (secondary N) is 1. The monoisotopic (exact) mass is 259 g/mol. The smallest absolute Gasteiger partial charge is 0.171 e. The quantitative estimate of drug-likeness (QED) is 0.895. The molecule has 0 aliphatic carbocycles. The van der Waals surface area contributed by atoms with Crippen LogP contribution in [-0.2, 0) is 6.54 Å². The predicted molar refractivity (Wildman–Crippen MR) is 75.2 cm³/mol. The summed E-state index contributed by atoms with van der Waals surface area (Å²) < 4.78 is 1.77. The van der Waals surface area contributed by atoms with E-state index in [9.17, 15) is 0 Å². The third kappa shape index (κ3) is 3.61. The first-order chi connectivity index (χ1) is 9.06. The lowest BCUT2D eigenvalue weighted by molar-refractivity contribution is 0.579. The normalized spacial score (nSPS) is 11.5. The summed E-state index contributed by atoms with van der Waals surface area (Å²) >= 11 is 0. The van der Waals surface area contributed by atoms with Gasteiger partial charge in [0, 0.05) is 18.8 Å². The van der Waals surface area contributed by atoms with Crippen LogP contribution in [0.5, 0.6) is 0 Å². The van der Waals surface area contributed by atoms with E-state index in [0.29, 0.717) is 12.0 Å². The maximum atomic E-state index is 4.48. The van der Waals surface area contributed by atoms with Crippen LogP contribution in [0.4, 0.5) is 0 Å². The highest BCUT2D eigenvalue weighted by Crippen LogP contribution is 2.12. The van der Waals surface area contributed by atoms with Gasteiger partial charge in [-0.25, -0.2) is 9.67 Å². The molecule has 0 atom stereocenters. The van der Waals surface area contributed by atoms with Gasteiger partial charge in [0.05, 0.1) is 23.8 Å². The van der Waals surface area contributed by atoms with Crippen LogP contribution in [0.25, 0.3) is 5.82 Å². The summed E-state index contributed by atoms with van der Waals surface area (Å²) in [5, 5.41) is 7.80. The fraction of sp³-hybridized carbons (Fsp3) is 0.500. The molecule has 102 valence electrons. The summed E-state index contributed by atoms with van der Waals surface area (Å²) in [6, 6.07) is 2.46. The molecular weight excluding hydrogens is 238 g/mol. The summed E-state index contributed by atoms with van der Waals surface area (Å²) in [7, 11) is 0. The van der Waals surface area contributed by atoms with Crippen LogP contribution in [0.2, 0.25) is 0 Å². The van der Waals surface area contributed by atoms with Gasteiger partial charge >= 0.3 is 0 Å². The second-order valence-electron chi connectivity index (χ2n) is 5.24. The van der Waals surface area contributed by atoms with Gasteiger partial charge in [-0.15, -0.1) is 0 Å². The van der Waals surface area contributed by atoms with Gasteiger partial charge in [0.25, 0.3) is 0 Å². The largest absolute Gasteiger partial charge is 0.309 e. The molecule has 2 aromatic rings. The molecule has 2 aromatic heterocycles. The average Bonchev–Trinajstić information content (AvgIpc) is 2.86. The zero-order valence-corrected chi connectivity index (χ0v) is 12.0. The standard InChI is InChI=1S/C14H21N5/c1-10(2)13-5-6-19(18-13)14-9-16-12(8-17-14)7-15-11(3)4/h5-6,8-11,15H,7H2,1-4H3. The third-order valence-corrected chi connectivity index (χ3v) is 2.82. The molecule has 5 nitrogen and oxygen atoms in total. The molecule has 0 aromatic carbocycles. The Morgan fingerprint density at radius 1 is 1.16 bits per heavy atom.